The van der Waals surface area contributed by atoms with E-state index in [4.69, 9.17) is 15.5 Å². The van der Waals surface area contributed by atoms with Crippen LogP contribution in [0.1, 0.15) is 57.9 Å². The number of amides is 2. The minimum atomic E-state index is -4.59. The van der Waals surface area contributed by atoms with Gasteiger partial charge in [-0.1, -0.05) is 12.1 Å². The third-order valence-electron chi connectivity index (χ3n) is 8.11. The summed E-state index contributed by atoms with van der Waals surface area (Å²) in [6.45, 7) is 3.45. The molecular formula is C30H28F3N7O5. The minimum absolute atomic E-state index is 0.0200. The number of rotatable bonds is 6. The summed E-state index contributed by atoms with van der Waals surface area (Å²) in [6, 6.07) is 7.59. The molecule has 3 aromatic heterocycles. The molecule has 1 unspecified atom stereocenters. The van der Waals surface area contributed by atoms with Crippen molar-refractivity contribution >= 4 is 34.9 Å². The first-order chi connectivity index (χ1) is 21.4. The van der Waals surface area contributed by atoms with Crippen LogP contribution in [0.3, 0.4) is 0 Å². The number of fused-ring (bicyclic) bond motifs is 1. The van der Waals surface area contributed by atoms with Crippen LogP contribution in [0, 0.1) is 5.41 Å². The van der Waals surface area contributed by atoms with Gasteiger partial charge in [0, 0.05) is 36.3 Å². The van der Waals surface area contributed by atoms with Gasteiger partial charge in [0.05, 0.1) is 30.4 Å². The van der Waals surface area contributed by atoms with Gasteiger partial charge in [0.25, 0.3) is 5.91 Å². The number of piperidine rings is 1. The first kappa shape index (κ1) is 30.0. The van der Waals surface area contributed by atoms with Crippen molar-refractivity contribution in [1.82, 2.24) is 24.3 Å². The molecule has 1 aromatic carbocycles. The van der Waals surface area contributed by atoms with E-state index in [1.54, 1.807) is 17.0 Å². The molecule has 2 aliphatic rings. The van der Waals surface area contributed by atoms with Gasteiger partial charge in [0.2, 0.25) is 5.91 Å². The number of imidazole rings is 1. The number of ether oxygens (including phenoxy) is 1. The molecule has 45 heavy (non-hydrogen) atoms. The predicted octanol–water partition coefficient (Wildman–Crippen LogP) is 4.09. The van der Waals surface area contributed by atoms with Gasteiger partial charge in [-0.3, -0.25) is 14.0 Å². The normalized spacial score (nSPS) is 18.0. The number of aromatic nitrogens is 4. The molecule has 0 saturated carbocycles. The van der Waals surface area contributed by atoms with Crippen molar-refractivity contribution in [3.63, 3.8) is 0 Å². The van der Waals surface area contributed by atoms with Crippen LogP contribution in [0.5, 0.6) is 0 Å². The van der Waals surface area contributed by atoms with E-state index in [0.29, 0.717) is 56.2 Å². The zero-order valence-corrected chi connectivity index (χ0v) is 24.0. The van der Waals surface area contributed by atoms with Gasteiger partial charge in [0.1, 0.15) is 28.7 Å². The molecule has 15 heteroatoms. The third kappa shape index (κ3) is 5.54. The van der Waals surface area contributed by atoms with Crippen molar-refractivity contribution in [2.24, 2.45) is 5.41 Å². The Morgan fingerprint density at radius 2 is 1.87 bits per heavy atom. The second-order valence-corrected chi connectivity index (χ2v) is 11.4. The number of hydrogen-bond donors (Lipinski definition) is 3. The lowest BCUT2D eigenvalue weighted by Crippen LogP contribution is -2.55. The van der Waals surface area contributed by atoms with Gasteiger partial charge >= 0.3 is 12.1 Å². The van der Waals surface area contributed by atoms with Crippen LogP contribution in [-0.4, -0.2) is 73.4 Å². The van der Waals surface area contributed by atoms with Crippen LogP contribution < -0.4 is 11.1 Å². The number of alkyl halides is 3. The molecule has 2 saturated heterocycles. The zero-order chi connectivity index (χ0) is 32.1. The van der Waals surface area contributed by atoms with Crippen LogP contribution in [0.2, 0.25) is 0 Å². The number of nitrogens with two attached hydrogens (primary N) is 1. The summed E-state index contributed by atoms with van der Waals surface area (Å²) < 4.78 is 45.9. The molecule has 234 valence electrons. The SMILES string of the molecule is CC1(C(=O)N2CCCC(c3nc(-c4ccc(C(=O)Nc5cc(C(F)(F)F)ccn5)cc4)c4c(N)ncc(C(=O)O)n34)C2)COC1. The maximum absolute atomic E-state index is 13.3. The average Bonchev–Trinajstić information content (AvgIpc) is 3.41. The fraction of sp³-hybridized carbons (Fsp3) is 0.333. The largest absolute Gasteiger partial charge is 0.477 e. The molecule has 2 aliphatic heterocycles. The van der Waals surface area contributed by atoms with Crippen molar-refractivity contribution in [3.05, 3.63) is 71.4 Å². The molecule has 0 aliphatic carbocycles. The Bertz CT molecular complexity index is 1820. The fourth-order valence-electron chi connectivity index (χ4n) is 5.72. The Hall–Kier alpha value is -5.05. The Labute approximate surface area is 254 Å². The topological polar surface area (TPSA) is 165 Å². The number of halogens is 3. The molecule has 2 fully saturated rings. The first-order valence-electron chi connectivity index (χ1n) is 14.1. The van der Waals surface area contributed by atoms with Crippen molar-refractivity contribution in [1.29, 1.82) is 0 Å². The zero-order valence-electron chi connectivity index (χ0n) is 24.0. The van der Waals surface area contributed by atoms with Gasteiger partial charge in [-0.05, 0) is 44.0 Å². The minimum Gasteiger partial charge on any atom is -0.477 e. The number of carbonyl (C=O) groups excluding carboxylic acids is 2. The summed E-state index contributed by atoms with van der Waals surface area (Å²) in [6.07, 6.45) is -1.14. The number of hydrogen-bond acceptors (Lipinski definition) is 8. The second kappa shape index (κ2) is 11.1. The number of likely N-dealkylation sites (tertiary alicyclic amines) is 1. The van der Waals surface area contributed by atoms with Crippen LogP contribution in [0.15, 0.2) is 48.8 Å². The monoisotopic (exact) mass is 623 g/mol. The molecule has 1 atom stereocenters. The number of nitrogens with one attached hydrogen (secondary N) is 1. The molecule has 4 N–H and O–H groups in total. The third-order valence-corrected chi connectivity index (χ3v) is 8.11. The fourth-order valence-corrected chi connectivity index (χ4v) is 5.72. The van der Waals surface area contributed by atoms with Crippen molar-refractivity contribution in [3.8, 4) is 11.3 Å². The standard InChI is InChI=1S/C30H28F3N7O5/c1-29(14-45-15-29)28(44)39-10-2-3-18(13-39)25-38-22(23-24(34)36-12-20(27(42)43)40(23)25)16-4-6-17(7-5-16)26(41)37-21-11-19(8-9-35-21)30(31,32)33/h4-9,11-12,18H,2-3,10,13-15H2,1H3,(H2,34,36)(H,42,43)(H,35,37,41). The predicted molar refractivity (Wildman–Crippen MR) is 154 cm³/mol. The molecule has 4 aromatic rings. The highest BCUT2D eigenvalue weighted by Gasteiger charge is 2.45. The molecular weight excluding hydrogens is 595 g/mol. The van der Waals surface area contributed by atoms with Gasteiger partial charge in [-0.2, -0.15) is 13.2 Å². The van der Waals surface area contributed by atoms with Gasteiger partial charge in [-0.25, -0.2) is 19.7 Å². The summed E-state index contributed by atoms with van der Waals surface area (Å²) >= 11 is 0. The molecule has 6 rings (SSSR count). The molecule has 12 nitrogen and oxygen atoms in total. The van der Waals surface area contributed by atoms with E-state index in [2.05, 4.69) is 15.3 Å². The highest BCUT2D eigenvalue weighted by atomic mass is 19.4. The van der Waals surface area contributed by atoms with E-state index < -0.39 is 29.0 Å². The van der Waals surface area contributed by atoms with Crippen LogP contribution in [0.25, 0.3) is 16.8 Å². The quantitative estimate of drug-likeness (QED) is 0.287. The number of nitrogen functional groups attached to an aromatic ring is 1. The van der Waals surface area contributed by atoms with Crippen molar-refractivity contribution in [2.45, 2.75) is 31.9 Å². The van der Waals surface area contributed by atoms with Crippen LogP contribution >= 0.6 is 0 Å². The summed E-state index contributed by atoms with van der Waals surface area (Å²) in [4.78, 5) is 52.9. The molecule has 2 amide bonds. The Kier molecular flexibility index (Phi) is 7.43. The number of pyridine rings is 1. The van der Waals surface area contributed by atoms with Crippen molar-refractivity contribution < 1.29 is 37.4 Å². The lowest BCUT2D eigenvalue weighted by molar-refractivity contribution is -0.170. The van der Waals surface area contributed by atoms with E-state index in [9.17, 15) is 32.7 Å². The number of carboxylic acids is 1. The maximum Gasteiger partial charge on any atom is 0.416 e. The number of benzene rings is 1. The van der Waals surface area contributed by atoms with Gasteiger partial charge in [-0.15, -0.1) is 0 Å². The molecule has 0 bridgehead atoms. The second-order valence-electron chi connectivity index (χ2n) is 11.4. The Balaban J connectivity index is 1.33. The first-order valence-corrected chi connectivity index (χ1v) is 14.1. The van der Waals surface area contributed by atoms with E-state index in [-0.39, 0.29) is 40.2 Å². The number of aromatic carboxylic acids is 1. The highest BCUT2D eigenvalue weighted by molar-refractivity contribution is 6.04. The van der Waals surface area contributed by atoms with Crippen LogP contribution in [-0.2, 0) is 15.7 Å². The number of carbonyl (C=O) groups is 3. The highest BCUT2D eigenvalue weighted by Crippen LogP contribution is 2.37. The number of anilines is 2. The van der Waals surface area contributed by atoms with E-state index >= 15 is 0 Å². The van der Waals surface area contributed by atoms with Gasteiger partial charge in [0.15, 0.2) is 5.69 Å². The average molecular weight is 624 g/mol. The summed E-state index contributed by atoms with van der Waals surface area (Å²) in [5.41, 5.74) is 5.80. The Morgan fingerprint density at radius 3 is 2.51 bits per heavy atom. The maximum atomic E-state index is 13.3. The summed E-state index contributed by atoms with van der Waals surface area (Å²) in [5.74, 6) is -2.06. The van der Waals surface area contributed by atoms with Crippen LogP contribution in [0.4, 0.5) is 24.8 Å². The van der Waals surface area contributed by atoms with E-state index in [1.807, 2.05) is 6.92 Å². The summed E-state index contributed by atoms with van der Waals surface area (Å²) in [7, 11) is 0. The molecule has 0 spiro atoms. The van der Waals surface area contributed by atoms with E-state index in [0.717, 1.165) is 24.5 Å². The summed E-state index contributed by atoms with van der Waals surface area (Å²) in [5, 5.41) is 12.4. The lowest BCUT2D eigenvalue weighted by atomic mass is 9.85. The lowest BCUT2D eigenvalue weighted by Gasteiger charge is -2.42. The van der Waals surface area contributed by atoms with Crippen molar-refractivity contribution in [2.75, 3.05) is 37.4 Å². The van der Waals surface area contributed by atoms with E-state index in [1.165, 1.54) is 16.5 Å². The number of carboxylic acid groups (broad SMARTS) is 1. The molecule has 5 heterocycles. The Morgan fingerprint density at radius 1 is 1.13 bits per heavy atom. The number of nitrogens with zero attached hydrogens (tertiary/aromatic N) is 5. The smallest absolute Gasteiger partial charge is 0.416 e. The molecule has 0 radical (unpaired) electrons. The van der Waals surface area contributed by atoms with Gasteiger partial charge < -0.3 is 25.8 Å².